The van der Waals surface area contributed by atoms with Crippen LogP contribution in [0.15, 0.2) is 75.9 Å². The average Bonchev–Trinajstić information content (AvgIpc) is 3.13. The van der Waals surface area contributed by atoms with Gasteiger partial charge in [0.2, 0.25) is 0 Å². The van der Waals surface area contributed by atoms with E-state index in [2.05, 4.69) is 5.32 Å². The number of nitrogens with zero attached hydrogens (tertiary/aromatic N) is 1. The van der Waals surface area contributed by atoms with Gasteiger partial charge in [0.05, 0.1) is 23.6 Å². The Morgan fingerprint density at radius 2 is 1.61 bits per heavy atom. The van der Waals surface area contributed by atoms with Gasteiger partial charge in [-0.25, -0.2) is 0 Å². The van der Waals surface area contributed by atoms with E-state index in [1.807, 2.05) is 0 Å². The van der Waals surface area contributed by atoms with Gasteiger partial charge in [0.25, 0.3) is 17.7 Å². The first kappa shape index (κ1) is 23.0. The van der Waals surface area contributed by atoms with E-state index in [4.69, 9.17) is 9.15 Å². The van der Waals surface area contributed by atoms with Crippen LogP contribution in [0.1, 0.15) is 44.9 Å². The number of benzene rings is 3. The fourth-order valence-electron chi connectivity index (χ4n) is 4.20. The number of rotatable bonds is 5. The van der Waals surface area contributed by atoms with E-state index in [9.17, 15) is 19.2 Å². The van der Waals surface area contributed by atoms with Crippen molar-refractivity contribution < 1.29 is 23.5 Å². The van der Waals surface area contributed by atoms with E-state index in [0.29, 0.717) is 39.3 Å². The van der Waals surface area contributed by atoms with Crippen molar-refractivity contribution >= 4 is 34.4 Å². The molecule has 0 bridgehead atoms. The molecule has 4 aromatic rings. The van der Waals surface area contributed by atoms with Gasteiger partial charge in [-0.2, -0.15) is 0 Å². The molecule has 1 aliphatic heterocycles. The molecule has 1 aliphatic rings. The minimum atomic E-state index is -0.417. The zero-order valence-electron chi connectivity index (χ0n) is 19.8. The molecule has 3 amide bonds. The van der Waals surface area contributed by atoms with Gasteiger partial charge in [-0.15, -0.1) is 0 Å². The van der Waals surface area contributed by atoms with Gasteiger partial charge in [0.15, 0.2) is 5.43 Å². The molecular formula is C28H22N2O6. The van der Waals surface area contributed by atoms with Crippen LogP contribution in [0, 0.1) is 0 Å². The lowest BCUT2D eigenvalue weighted by atomic mass is 10.1. The maximum atomic E-state index is 12.8. The van der Waals surface area contributed by atoms with Gasteiger partial charge in [0.1, 0.15) is 17.1 Å². The van der Waals surface area contributed by atoms with Crippen LogP contribution in [0.3, 0.4) is 0 Å². The monoisotopic (exact) mass is 482 g/mol. The Hall–Kier alpha value is -4.72. The highest BCUT2D eigenvalue weighted by molar-refractivity contribution is 6.22. The largest absolute Gasteiger partial charge is 0.497 e. The molecule has 3 aromatic carbocycles. The number of nitrogens with one attached hydrogen (secondary N) is 1. The fourth-order valence-corrected chi connectivity index (χ4v) is 4.20. The maximum Gasteiger partial charge on any atom is 0.261 e. The van der Waals surface area contributed by atoms with Crippen molar-refractivity contribution in [3.05, 3.63) is 93.6 Å². The number of hydrogen-bond donors (Lipinski definition) is 1. The molecule has 0 saturated heterocycles. The van der Waals surface area contributed by atoms with Crippen LogP contribution in [0.4, 0.5) is 5.69 Å². The minimum Gasteiger partial charge on any atom is -0.497 e. The molecular weight excluding hydrogens is 460 g/mol. The summed E-state index contributed by atoms with van der Waals surface area (Å²) in [5.74, 6) is -0.211. The quantitative estimate of drug-likeness (QED) is 0.413. The summed E-state index contributed by atoms with van der Waals surface area (Å²) in [4.78, 5) is 51.7. The summed E-state index contributed by atoms with van der Waals surface area (Å²) in [6, 6.07) is 17.5. The Labute approximate surface area is 206 Å². The number of anilines is 1. The number of amides is 3. The molecule has 0 aliphatic carbocycles. The number of hydrogen-bond acceptors (Lipinski definition) is 6. The van der Waals surface area contributed by atoms with Gasteiger partial charge >= 0.3 is 0 Å². The molecule has 0 saturated carbocycles. The lowest BCUT2D eigenvalue weighted by Crippen LogP contribution is -2.35. The highest BCUT2D eigenvalue weighted by Crippen LogP contribution is 2.28. The highest BCUT2D eigenvalue weighted by Gasteiger charge is 2.37. The summed E-state index contributed by atoms with van der Waals surface area (Å²) in [6.45, 7) is 3.53. The number of ether oxygens (including phenoxy) is 1. The molecule has 0 atom stereocenters. The van der Waals surface area contributed by atoms with Crippen molar-refractivity contribution in [3.8, 4) is 17.1 Å². The summed E-state index contributed by atoms with van der Waals surface area (Å²) >= 11 is 0. The smallest absolute Gasteiger partial charge is 0.261 e. The van der Waals surface area contributed by atoms with Gasteiger partial charge in [0, 0.05) is 28.9 Å². The second-order valence-corrected chi connectivity index (χ2v) is 8.70. The summed E-state index contributed by atoms with van der Waals surface area (Å²) in [6.07, 6.45) is 0. The summed E-state index contributed by atoms with van der Waals surface area (Å²) in [7, 11) is 1.53. The minimum absolute atomic E-state index is 0.191. The second kappa shape index (κ2) is 8.81. The van der Waals surface area contributed by atoms with Crippen molar-refractivity contribution in [2.45, 2.75) is 19.9 Å². The molecule has 36 heavy (non-hydrogen) atoms. The third kappa shape index (κ3) is 3.92. The third-order valence-electron chi connectivity index (χ3n) is 6.06. The zero-order valence-corrected chi connectivity index (χ0v) is 19.8. The second-order valence-electron chi connectivity index (χ2n) is 8.70. The normalized spacial score (nSPS) is 12.8. The van der Waals surface area contributed by atoms with Crippen LogP contribution in [-0.2, 0) is 0 Å². The van der Waals surface area contributed by atoms with Crippen LogP contribution in [0.2, 0.25) is 0 Å². The number of methoxy groups -OCH3 is 1. The zero-order chi connectivity index (χ0) is 25.6. The lowest BCUT2D eigenvalue weighted by molar-refractivity contribution is 0.0609. The van der Waals surface area contributed by atoms with Crippen molar-refractivity contribution in [2.75, 3.05) is 12.4 Å². The molecule has 180 valence electrons. The molecule has 2 heterocycles. The van der Waals surface area contributed by atoms with Gasteiger partial charge in [-0.1, -0.05) is 0 Å². The summed E-state index contributed by atoms with van der Waals surface area (Å²) in [5.41, 5.74) is 2.22. The van der Waals surface area contributed by atoms with E-state index in [-0.39, 0.29) is 28.5 Å². The Kier molecular flexibility index (Phi) is 5.64. The van der Waals surface area contributed by atoms with Crippen molar-refractivity contribution in [1.29, 1.82) is 0 Å². The van der Waals surface area contributed by atoms with Crippen LogP contribution >= 0.6 is 0 Å². The van der Waals surface area contributed by atoms with Crippen molar-refractivity contribution in [3.63, 3.8) is 0 Å². The van der Waals surface area contributed by atoms with E-state index in [1.54, 1.807) is 56.3 Å². The van der Waals surface area contributed by atoms with Crippen molar-refractivity contribution in [1.82, 2.24) is 4.90 Å². The van der Waals surface area contributed by atoms with Crippen LogP contribution in [0.5, 0.6) is 5.75 Å². The van der Waals surface area contributed by atoms with E-state index < -0.39 is 11.8 Å². The average molecular weight is 482 g/mol. The first-order chi connectivity index (χ1) is 17.3. The number of carbonyl (C=O) groups is 3. The molecule has 8 heteroatoms. The number of fused-ring (bicyclic) bond motifs is 2. The number of carbonyl (C=O) groups excluding carboxylic acids is 3. The van der Waals surface area contributed by atoms with Crippen LogP contribution in [-0.4, -0.2) is 35.8 Å². The van der Waals surface area contributed by atoms with E-state index in [0.717, 1.165) is 0 Å². The Bertz CT molecular complexity index is 1600. The first-order valence-corrected chi connectivity index (χ1v) is 11.3. The Morgan fingerprint density at radius 3 is 2.31 bits per heavy atom. The molecule has 0 fully saturated rings. The van der Waals surface area contributed by atoms with E-state index >= 15 is 0 Å². The predicted molar refractivity (Wildman–Crippen MR) is 135 cm³/mol. The Morgan fingerprint density at radius 1 is 0.889 bits per heavy atom. The number of imide groups is 1. The molecule has 1 N–H and O–H groups in total. The van der Waals surface area contributed by atoms with Crippen LogP contribution in [0.25, 0.3) is 22.3 Å². The fraction of sp³-hybridized carbons (Fsp3) is 0.143. The molecule has 5 rings (SSSR count). The molecule has 8 nitrogen and oxygen atoms in total. The third-order valence-corrected chi connectivity index (χ3v) is 6.06. The summed E-state index contributed by atoms with van der Waals surface area (Å²) in [5, 5.41) is 3.21. The predicted octanol–water partition coefficient (Wildman–Crippen LogP) is 4.73. The molecule has 0 spiro atoms. The maximum absolute atomic E-state index is 12.8. The van der Waals surface area contributed by atoms with Gasteiger partial charge in [-0.3, -0.25) is 24.1 Å². The summed E-state index contributed by atoms with van der Waals surface area (Å²) < 4.78 is 11.1. The lowest BCUT2D eigenvalue weighted by Gasteiger charge is -2.17. The van der Waals surface area contributed by atoms with Gasteiger partial charge in [-0.05, 0) is 74.5 Å². The van der Waals surface area contributed by atoms with Crippen molar-refractivity contribution in [2.24, 2.45) is 0 Å². The highest BCUT2D eigenvalue weighted by atomic mass is 16.5. The Balaban J connectivity index is 1.36. The molecule has 1 aromatic heterocycles. The topological polar surface area (TPSA) is 106 Å². The first-order valence-electron chi connectivity index (χ1n) is 11.3. The molecule has 0 unspecified atom stereocenters. The van der Waals surface area contributed by atoms with Gasteiger partial charge < -0.3 is 14.5 Å². The SMILES string of the molecule is COc1ccc2oc(-c3ccc(NC(=O)c4ccc5c(c4)C(=O)N(C(C)C)C5=O)cc3)cc(=O)c2c1. The van der Waals surface area contributed by atoms with Crippen LogP contribution < -0.4 is 15.5 Å². The standard InChI is InChI=1S/C28H22N2O6/c1-15(2)30-27(33)20-10-6-17(12-21(20)28(30)34)26(32)29-18-7-4-16(5-8-18)25-14-23(31)22-13-19(35-3)9-11-24(22)36-25/h4-15H,1-3H3,(H,29,32). The van der Waals surface area contributed by atoms with E-state index in [1.165, 1.54) is 36.3 Å². The molecule has 0 radical (unpaired) electrons.